The van der Waals surface area contributed by atoms with Crippen molar-refractivity contribution < 1.29 is 23.5 Å². The Bertz CT molecular complexity index is 1250. The lowest BCUT2D eigenvalue weighted by molar-refractivity contribution is -0.131. The number of ether oxygens (including phenoxy) is 1. The lowest BCUT2D eigenvalue weighted by Gasteiger charge is -2.36. The number of hydrogen-bond acceptors (Lipinski definition) is 8. The Morgan fingerprint density at radius 2 is 1.79 bits per heavy atom. The van der Waals surface area contributed by atoms with E-state index in [1.54, 1.807) is 41.3 Å². The number of hydrogen-bond donors (Lipinski definition) is 3. The monoisotopic (exact) mass is 556 g/mol. The van der Waals surface area contributed by atoms with Gasteiger partial charge in [-0.05, 0) is 48.9 Å². The average molecular weight is 557 g/mol. The molecule has 12 heteroatoms. The summed E-state index contributed by atoms with van der Waals surface area (Å²) in [5.41, 5.74) is 12.4. The Labute approximate surface area is 232 Å². The van der Waals surface area contributed by atoms with Crippen LogP contribution in [0.4, 0.5) is 26.2 Å². The minimum atomic E-state index is -1.28. The zero-order chi connectivity index (χ0) is 28.2. The van der Waals surface area contributed by atoms with Crippen LogP contribution in [0.3, 0.4) is 0 Å². The van der Waals surface area contributed by atoms with Gasteiger partial charge in [0.25, 0.3) is 0 Å². The molecule has 0 aliphatic carbocycles. The second-order valence-electron chi connectivity index (χ2n) is 9.70. The SMILES string of the molecule is CCC(=S)NC[C@@]1(N)CN(c2ccc(N3CCN(C(=O)CCC(=O)c4ccc(N)cc4)CC3)c(F)c2)C(=O)O1. The van der Waals surface area contributed by atoms with Crippen LogP contribution < -0.4 is 26.6 Å². The summed E-state index contributed by atoms with van der Waals surface area (Å²) < 4.78 is 20.5. The van der Waals surface area contributed by atoms with Crippen LogP contribution in [0.5, 0.6) is 0 Å². The smallest absolute Gasteiger partial charge is 0.416 e. The summed E-state index contributed by atoms with van der Waals surface area (Å²) in [4.78, 5) is 42.9. The highest BCUT2D eigenvalue weighted by Crippen LogP contribution is 2.30. The molecule has 39 heavy (non-hydrogen) atoms. The molecule has 2 saturated heterocycles. The van der Waals surface area contributed by atoms with Crippen molar-refractivity contribution in [3.8, 4) is 0 Å². The Hall–Kier alpha value is -3.77. The van der Waals surface area contributed by atoms with Crippen LogP contribution in [0.2, 0.25) is 0 Å². The van der Waals surface area contributed by atoms with E-state index in [1.165, 1.54) is 11.0 Å². The molecule has 2 aromatic carbocycles. The number of cyclic esters (lactones) is 1. The lowest BCUT2D eigenvalue weighted by atomic mass is 10.1. The van der Waals surface area contributed by atoms with Gasteiger partial charge in [0.2, 0.25) is 5.91 Å². The van der Waals surface area contributed by atoms with Crippen molar-refractivity contribution in [2.24, 2.45) is 5.73 Å². The fraction of sp³-hybridized carbons (Fsp3) is 0.407. The van der Waals surface area contributed by atoms with Gasteiger partial charge in [-0.3, -0.25) is 20.2 Å². The summed E-state index contributed by atoms with van der Waals surface area (Å²) in [5, 5.41) is 2.98. The van der Waals surface area contributed by atoms with E-state index in [4.69, 9.17) is 28.4 Å². The highest BCUT2D eigenvalue weighted by Gasteiger charge is 2.43. The first kappa shape index (κ1) is 28.2. The Morgan fingerprint density at radius 1 is 1.10 bits per heavy atom. The summed E-state index contributed by atoms with van der Waals surface area (Å²) in [6, 6.07) is 11.2. The molecule has 10 nitrogen and oxygen atoms in total. The largest absolute Gasteiger partial charge is 0.424 e. The zero-order valence-electron chi connectivity index (χ0n) is 21.8. The number of rotatable bonds is 9. The fourth-order valence-electron chi connectivity index (χ4n) is 4.56. The Balaban J connectivity index is 1.29. The second kappa shape index (κ2) is 12.0. The van der Waals surface area contributed by atoms with Crippen LogP contribution in [0.1, 0.15) is 36.5 Å². The summed E-state index contributed by atoms with van der Waals surface area (Å²) in [6.45, 7) is 3.81. The highest BCUT2D eigenvalue weighted by molar-refractivity contribution is 7.80. The minimum Gasteiger partial charge on any atom is -0.424 e. The zero-order valence-corrected chi connectivity index (χ0v) is 22.6. The summed E-state index contributed by atoms with van der Waals surface area (Å²) in [5.74, 6) is -0.714. The molecule has 0 bridgehead atoms. The number of amides is 2. The molecule has 0 aromatic heterocycles. The van der Waals surface area contributed by atoms with Crippen LogP contribution in [0, 0.1) is 5.82 Å². The normalized spacial score (nSPS) is 19.2. The first-order valence-corrected chi connectivity index (χ1v) is 13.3. The van der Waals surface area contributed by atoms with Crippen molar-refractivity contribution in [1.82, 2.24) is 10.2 Å². The molecule has 2 amide bonds. The molecule has 1 atom stereocenters. The van der Waals surface area contributed by atoms with Gasteiger partial charge in [-0.1, -0.05) is 19.1 Å². The number of benzene rings is 2. The van der Waals surface area contributed by atoms with Gasteiger partial charge in [0.15, 0.2) is 11.5 Å². The average Bonchev–Trinajstić information content (AvgIpc) is 3.24. The number of piperazine rings is 1. The maximum Gasteiger partial charge on any atom is 0.416 e. The van der Waals surface area contributed by atoms with Crippen LogP contribution >= 0.6 is 12.2 Å². The Morgan fingerprint density at radius 3 is 2.44 bits per heavy atom. The summed E-state index contributed by atoms with van der Waals surface area (Å²) in [6.07, 6.45) is 0.211. The van der Waals surface area contributed by atoms with E-state index in [2.05, 4.69) is 5.32 Å². The molecular weight excluding hydrogens is 523 g/mol. The second-order valence-corrected chi connectivity index (χ2v) is 10.2. The van der Waals surface area contributed by atoms with Crippen molar-refractivity contribution in [3.63, 3.8) is 0 Å². The van der Waals surface area contributed by atoms with Gasteiger partial charge in [0, 0.05) is 50.3 Å². The molecule has 5 N–H and O–H groups in total. The number of nitrogens with zero attached hydrogens (tertiary/aromatic N) is 3. The van der Waals surface area contributed by atoms with Gasteiger partial charge in [0.1, 0.15) is 5.82 Å². The van der Waals surface area contributed by atoms with Crippen LogP contribution in [-0.2, 0) is 9.53 Å². The molecule has 0 saturated carbocycles. The van der Waals surface area contributed by atoms with Gasteiger partial charge in [-0.15, -0.1) is 0 Å². The van der Waals surface area contributed by atoms with Gasteiger partial charge in [-0.2, -0.15) is 0 Å². The number of nitrogens with two attached hydrogens (primary N) is 2. The van der Waals surface area contributed by atoms with E-state index in [9.17, 15) is 14.4 Å². The quantitative estimate of drug-likeness (QED) is 0.242. The summed E-state index contributed by atoms with van der Waals surface area (Å²) >= 11 is 5.14. The third kappa shape index (κ3) is 6.82. The van der Waals surface area contributed by atoms with E-state index in [-0.39, 0.29) is 37.6 Å². The fourth-order valence-corrected chi connectivity index (χ4v) is 4.64. The number of Topliss-reactive ketones (excluding diaryl/α,β-unsaturated/α-hetero) is 1. The van der Waals surface area contributed by atoms with Crippen molar-refractivity contribution in [2.45, 2.75) is 31.9 Å². The van der Waals surface area contributed by atoms with E-state index in [0.717, 1.165) is 0 Å². The number of nitrogens with one attached hydrogen (secondary N) is 1. The number of carbonyl (C=O) groups excluding carboxylic acids is 3. The molecule has 2 aliphatic rings. The first-order chi connectivity index (χ1) is 18.6. The predicted molar refractivity (Wildman–Crippen MR) is 151 cm³/mol. The maximum absolute atomic E-state index is 15.2. The molecule has 2 heterocycles. The van der Waals surface area contributed by atoms with Gasteiger partial charge >= 0.3 is 6.09 Å². The van der Waals surface area contributed by atoms with E-state index in [1.807, 2.05) is 11.8 Å². The molecule has 0 radical (unpaired) electrons. The Kier molecular flexibility index (Phi) is 8.66. The standard InChI is InChI=1S/C27H33FN6O4S/c1-2-24(39)31-16-27(30)17-34(26(37)38-27)20-7-8-22(21(28)15-20)32-11-13-33(14-12-32)25(36)10-9-23(35)18-3-5-19(29)6-4-18/h3-8,15H,2,9-14,16-17,29-30H2,1H3,(H,31,39)/t27-/m0/s1. The third-order valence-electron chi connectivity index (χ3n) is 6.86. The van der Waals surface area contributed by atoms with E-state index >= 15 is 4.39 Å². The molecule has 2 fully saturated rings. The van der Waals surface area contributed by atoms with Crippen LogP contribution in [0.15, 0.2) is 42.5 Å². The topological polar surface area (TPSA) is 134 Å². The van der Waals surface area contributed by atoms with Crippen molar-refractivity contribution in [1.29, 1.82) is 0 Å². The minimum absolute atomic E-state index is 0.0472. The van der Waals surface area contributed by atoms with Crippen molar-refractivity contribution >= 4 is 52.1 Å². The van der Waals surface area contributed by atoms with E-state index in [0.29, 0.717) is 60.2 Å². The molecule has 4 rings (SSSR count). The molecule has 0 spiro atoms. The van der Waals surface area contributed by atoms with Gasteiger partial charge in [-0.25, -0.2) is 9.18 Å². The first-order valence-electron chi connectivity index (χ1n) is 12.9. The number of carbonyl (C=O) groups is 3. The van der Waals surface area contributed by atoms with Gasteiger partial charge < -0.3 is 25.6 Å². The van der Waals surface area contributed by atoms with Crippen molar-refractivity contribution in [2.75, 3.05) is 54.8 Å². The predicted octanol–water partition coefficient (Wildman–Crippen LogP) is 2.66. The number of anilines is 3. The summed E-state index contributed by atoms with van der Waals surface area (Å²) in [7, 11) is 0. The number of nitrogen functional groups attached to an aromatic ring is 1. The number of ketones is 1. The molecule has 2 aromatic rings. The molecule has 0 unspecified atom stereocenters. The third-order valence-corrected chi connectivity index (χ3v) is 7.29. The number of thiocarbonyl (C=S) groups is 1. The van der Waals surface area contributed by atoms with Crippen LogP contribution in [0.25, 0.3) is 0 Å². The lowest BCUT2D eigenvalue weighted by Crippen LogP contribution is -2.53. The van der Waals surface area contributed by atoms with Crippen LogP contribution in [-0.4, -0.2) is 72.7 Å². The van der Waals surface area contributed by atoms with Gasteiger partial charge in [0.05, 0.1) is 29.5 Å². The molecule has 208 valence electrons. The highest BCUT2D eigenvalue weighted by atomic mass is 32.1. The maximum atomic E-state index is 15.2. The van der Waals surface area contributed by atoms with Crippen molar-refractivity contribution in [3.05, 3.63) is 53.8 Å². The molecular formula is C27H33FN6O4S. The number of halogens is 1. The molecule has 2 aliphatic heterocycles. The van der Waals surface area contributed by atoms with E-state index < -0.39 is 17.6 Å².